The highest BCUT2D eigenvalue weighted by Gasteiger charge is 2.23. The number of nitrogens with one attached hydrogen (secondary N) is 1. The number of hydrogen-bond acceptors (Lipinski definition) is 4. The molecule has 1 aromatic carbocycles. The fourth-order valence-electron chi connectivity index (χ4n) is 4.23. The number of nitrogens with zero attached hydrogens (tertiary/aromatic N) is 1. The van der Waals surface area contributed by atoms with E-state index < -0.39 is 6.04 Å². The maximum atomic E-state index is 13.0. The van der Waals surface area contributed by atoms with E-state index in [0.29, 0.717) is 19.6 Å². The number of rotatable bonds is 21. The first-order chi connectivity index (χ1) is 16.6. The van der Waals surface area contributed by atoms with E-state index in [2.05, 4.69) is 24.1 Å². The van der Waals surface area contributed by atoms with Crippen LogP contribution in [0.25, 0.3) is 0 Å². The minimum absolute atomic E-state index is 0.0917. The van der Waals surface area contributed by atoms with Crippen LogP contribution < -0.4 is 5.32 Å². The first-order valence-electron chi connectivity index (χ1n) is 13.8. The molecule has 0 saturated heterocycles. The van der Waals surface area contributed by atoms with E-state index in [1.54, 1.807) is 6.92 Å². The number of benzene rings is 1. The van der Waals surface area contributed by atoms with Gasteiger partial charge < -0.3 is 10.1 Å². The van der Waals surface area contributed by atoms with Gasteiger partial charge in [0.15, 0.2) is 0 Å². The second kappa shape index (κ2) is 20.5. The molecule has 0 aliphatic heterocycles. The van der Waals surface area contributed by atoms with E-state index in [0.717, 1.165) is 31.5 Å². The van der Waals surface area contributed by atoms with Gasteiger partial charge in [0, 0.05) is 6.42 Å². The fraction of sp³-hybridized carbons (Fsp3) is 0.724. The van der Waals surface area contributed by atoms with E-state index in [9.17, 15) is 9.59 Å². The number of ether oxygens (including phenoxy) is 1. The second-order valence-electron chi connectivity index (χ2n) is 9.37. The van der Waals surface area contributed by atoms with Gasteiger partial charge in [0.1, 0.15) is 6.04 Å². The van der Waals surface area contributed by atoms with Crippen molar-refractivity contribution in [3.63, 3.8) is 0 Å². The zero-order valence-corrected chi connectivity index (χ0v) is 22.2. The highest BCUT2D eigenvalue weighted by atomic mass is 16.5. The van der Waals surface area contributed by atoms with Crippen molar-refractivity contribution in [2.24, 2.45) is 0 Å². The summed E-state index contributed by atoms with van der Waals surface area (Å²) in [5, 5.41) is 2.96. The molecule has 0 saturated carbocycles. The van der Waals surface area contributed by atoms with Crippen molar-refractivity contribution in [1.29, 1.82) is 0 Å². The Morgan fingerprint density at radius 3 is 1.85 bits per heavy atom. The van der Waals surface area contributed by atoms with Gasteiger partial charge in [-0.2, -0.15) is 0 Å². The third kappa shape index (κ3) is 15.1. The van der Waals surface area contributed by atoms with E-state index in [1.165, 1.54) is 64.2 Å². The van der Waals surface area contributed by atoms with Crippen LogP contribution in [-0.4, -0.2) is 49.1 Å². The minimum Gasteiger partial charge on any atom is -0.464 e. The van der Waals surface area contributed by atoms with Gasteiger partial charge in [0.25, 0.3) is 0 Å². The molecular weight excluding hydrogens is 424 g/mol. The number of esters is 1. The lowest BCUT2D eigenvalue weighted by molar-refractivity contribution is -0.147. The molecule has 1 atom stereocenters. The Labute approximate surface area is 209 Å². The molecule has 0 spiro atoms. The van der Waals surface area contributed by atoms with Crippen molar-refractivity contribution in [3.05, 3.63) is 35.9 Å². The van der Waals surface area contributed by atoms with Crippen molar-refractivity contribution in [2.75, 3.05) is 26.2 Å². The zero-order chi connectivity index (χ0) is 24.9. The molecule has 5 heteroatoms. The molecule has 0 radical (unpaired) electrons. The molecule has 5 nitrogen and oxygen atoms in total. The van der Waals surface area contributed by atoms with Gasteiger partial charge in [-0.1, -0.05) is 108 Å². The average Bonchev–Trinajstić information content (AvgIpc) is 2.83. The molecule has 1 aromatic rings. The molecule has 1 rings (SSSR count). The Morgan fingerprint density at radius 2 is 1.32 bits per heavy atom. The lowest BCUT2D eigenvalue weighted by Gasteiger charge is -2.24. The normalized spacial score (nSPS) is 12.0. The topological polar surface area (TPSA) is 58.6 Å². The summed E-state index contributed by atoms with van der Waals surface area (Å²) in [5.41, 5.74) is 1.01. The van der Waals surface area contributed by atoms with Crippen LogP contribution in [0.3, 0.4) is 0 Å². The van der Waals surface area contributed by atoms with Crippen molar-refractivity contribution < 1.29 is 14.3 Å². The van der Waals surface area contributed by atoms with E-state index in [4.69, 9.17) is 4.74 Å². The maximum absolute atomic E-state index is 13.0. The third-order valence-electron chi connectivity index (χ3n) is 6.21. The highest BCUT2D eigenvalue weighted by molar-refractivity contribution is 5.85. The van der Waals surface area contributed by atoms with Crippen LogP contribution in [0.4, 0.5) is 0 Å². The average molecular weight is 475 g/mol. The summed E-state index contributed by atoms with van der Waals surface area (Å²) in [6.07, 6.45) is 15.4. The Bertz CT molecular complexity index is 620. The van der Waals surface area contributed by atoms with Crippen molar-refractivity contribution in [3.8, 4) is 0 Å². The molecule has 0 aliphatic carbocycles. The predicted octanol–water partition coefficient (Wildman–Crippen LogP) is 6.30. The maximum Gasteiger partial charge on any atom is 0.328 e. The highest BCUT2D eigenvalue weighted by Crippen LogP contribution is 2.10. The second-order valence-corrected chi connectivity index (χ2v) is 9.37. The first kappa shape index (κ1) is 30.2. The minimum atomic E-state index is -0.653. The molecule has 34 heavy (non-hydrogen) atoms. The summed E-state index contributed by atoms with van der Waals surface area (Å²) < 4.78 is 5.24. The van der Waals surface area contributed by atoms with E-state index >= 15 is 0 Å². The summed E-state index contributed by atoms with van der Waals surface area (Å²) in [6, 6.07) is 9.14. The number of carbonyl (C=O) groups excluding carboxylic acids is 2. The lowest BCUT2D eigenvalue weighted by atomic mass is 10.1. The quantitative estimate of drug-likeness (QED) is 0.168. The van der Waals surface area contributed by atoms with Crippen LogP contribution in [0, 0.1) is 0 Å². The zero-order valence-electron chi connectivity index (χ0n) is 22.2. The molecule has 0 aliphatic rings. The monoisotopic (exact) mass is 474 g/mol. The predicted molar refractivity (Wildman–Crippen MR) is 142 cm³/mol. The number of unbranched alkanes of at least 4 members (excludes halogenated alkanes) is 10. The standard InChI is InChI=1S/C29H50N2O3/c1-4-7-9-11-13-18-22-31(23-19-14-12-10-8-5-2)25-28(32)30-27(29(33)34-6-3)24-26-20-16-15-17-21-26/h15-17,20-21,27H,4-14,18-19,22-25H2,1-3H3,(H,30,32)/t27-/m0/s1. The van der Waals surface area contributed by atoms with Crippen molar-refractivity contribution in [1.82, 2.24) is 10.2 Å². The van der Waals surface area contributed by atoms with Gasteiger partial charge in [0.2, 0.25) is 5.91 Å². The molecule has 1 amide bonds. The molecule has 0 bridgehead atoms. The molecule has 0 heterocycles. The summed E-state index contributed by atoms with van der Waals surface area (Å²) in [7, 11) is 0. The Balaban J connectivity index is 2.60. The van der Waals surface area contributed by atoms with Gasteiger partial charge >= 0.3 is 5.97 Å². The van der Waals surface area contributed by atoms with Crippen molar-refractivity contribution >= 4 is 11.9 Å². The van der Waals surface area contributed by atoms with Crippen LogP contribution >= 0.6 is 0 Å². The summed E-state index contributed by atoms with van der Waals surface area (Å²) >= 11 is 0. The lowest BCUT2D eigenvalue weighted by Crippen LogP contribution is -2.47. The van der Waals surface area contributed by atoms with Crippen LogP contribution in [0.15, 0.2) is 30.3 Å². The number of carbonyl (C=O) groups is 2. The number of amides is 1. The summed E-state index contributed by atoms with van der Waals surface area (Å²) in [6.45, 7) is 8.80. The SMILES string of the molecule is CCCCCCCCN(CCCCCCCC)CC(=O)N[C@@H](Cc1ccccc1)C(=O)OCC. The van der Waals surface area contributed by atoms with Crippen LogP contribution in [-0.2, 0) is 20.7 Å². The first-order valence-corrected chi connectivity index (χ1v) is 13.8. The molecule has 194 valence electrons. The molecule has 0 fully saturated rings. The molecule has 0 unspecified atom stereocenters. The Kier molecular flexibility index (Phi) is 18.2. The summed E-state index contributed by atoms with van der Waals surface area (Å²) in [4.78, 5) is 27.7. The van der Waals surface area contributed by atoms with Crippen LogP contribution in [0.5, 0.6) is 0 Å². The van der Waals surface area contributed by atoms with E-state index in [1.807, 2.05) is 30.3 Å². The van der Waals surface area contributed by atoms with Gasteiger partial charge in [-0.05, 0) is 38.4 Å². The third-order valence-corrected chi connectivity index (χ3v) is 6.21. The molecular formula is C29H50N2O3. The van der Waals surface area contributed by atoms with E-state index in [-0.39, 0.29) is 11.9 Å². The van der Waals surface area contributed by atoms with Crippen LogP contribution in [0.1, 0.15) is 103 Å². The number of hydrogen-bond donors (Lipinski definition) is 1. The van der Waals surface area contributed by atoms with Gasteiger partial charge in [-0.3, -0.25) is 9.69 Å². The van der Waals surface area contributed by atoms with Gasteiger partial charge in [-0.25, -0.2) is 4.79 Å². The molecule has 0 aromatic heterocycles. The largest absolute Gasteiger partial charge is 0.464 e. The summed E-state index contributed by atoms with van der Waals surface area (Å²) in [5.74, 6) is -0.455. The smallest absolute Gasteiger partial charge is 0.328 e. The molecule has 1 N–H and O–H groups in total. The fourth-order valence-corrected chi connectivity index (χ4v) is 4.23. The van der Waals surface area contributed by atoms with Gasteiger partial charge in [0.05, 0.1) is 13.2 Å². The van der Waals surface area contributed by atoms with Gasteiger partial charge in [-0.15, -0.1) is 0 Å². The Hall–Kier alpha value is -1.88. The van der Waals surface area contributed by atoms with Crippen LogP contribution in [0.2, 0.25) is 0 Å². The Morgan fingerprint density at radius 1 is 0.794 bits per heavy atom. The van der Waals surface area contributed by atoms with Crippen molar-refractivity contribution in [2.45, 2.75) is 110 Å².